The Kier molecular flexibility index (Phi) is 4.09. The van der Waals surface area contributed by atoms with Gasteiger partial charge in [0.25, 0.3) is 11.6 Å². The molecule has 0 aliphatic carbocycles. The van der Waals surface area contributed by atoms with Crippen molar-refractivity contribution < 1.29 is 18.1 Å². The van der Waals surface area contributed by atoms with E-state index < -0.39 is 20.7 Å². The highest BCUT2D eigenvalue weighted by atomic mass is 79.9. The van der Waals surface area contributed by atoms with Gasteiger partial charge in [-0.15, -0.1) is 0 Å². The molecule has 0 bridgehead atoms. The lowest BCUT2D eigenvalue weighted by atomic mass is 10.1. The second-order valence-corrected chi connectivity index (χ2v) is 7.53. The summed E-state index contributed by atoms with van der Waals surface area (Å²) in [5, 5.41) is 10.8. The van der Waals surface area contributed by atoms with Gasteiger partial charge in [-0.25, -0.2) is 8.42 Å². The van der Waals surface area contributed by atoms with Crippen LogP contribution in [0, 0.1) is 10.1 Å². The second kappa shape index (κ2) is 5.49. The highest BCUT2D eigenvalue weighted by Gasteiger charge is 2.26. The van der Waals surface area contributed by atoms with Crippen LogP contribution in [0.3, 0.4) is 0 Å². The summed E-state index contributed by atoms with van der Waals surface area (Å²) in [6.07, 6.45) is 0. The first-order chi connectivity index (χ1) is 9.30. The molecule has 0 spiro atoms. The molecule has 1 aliphatic rings. The van der Waals surface area contributed by atoms with Gasteiger partial charge in [0.1, 0.15) is 0 Å². The predicted molar refractivity (Wildman–Crippen MR) is 75.4 cm³/mol. The third-order valence-electron chi connectivity index (χ3n) is 3.02. The molecule has 1 aliphatic heterocycles. The fourth-order valence-corrected chi connectivity index (χ4v) is 3.48. The van der Waals surface area contributed by atoms with Crippen LogP contribution in [0.2, 0.25) is 0 Å². The normalized spacial score (nSPS) is 17.8. The smallest absolute Gasteiger partial charge is 0.284 e. The lowest BCUT2D eigenvalue weighted by molar-refractivity contribution is -0.385. The van der Waals surface area contributed by atoms with Crippen LogP contribution in [0.1, 0.15) is 10.4 Å². The third-order valence-corrected chi connectivity index (χ3v) is 5.30. The minimum atomic E-state index is -3.07. The van der Waals surface area contributed by atoms with Crippen molar-refractivity contribution in [1.82, 2.24) is 4.90 Å². The summed E-state index contributed by atoms with van der Waals surface area (Å²) >= 11 is 3.05. The van der Waals surface area contributed by atoms with Gasteiger partial charge in [-0.05, 0) is 28.1 Å². The quantitative estimate of drug-likeness (QED) is 0.582. The molecule has 1 saturated heterocycles. The molecule has 2 rings (SSSR count). The van der Waals surface area contributed by atoms with Gasteiger partial charge in [0.15, 0.2) is 9.84 Å². The molecule has 0 atom stereocenters. The van der Waals surface area contributed by atoms with Crippen LogP contribution in [0.15, 0.2) is 22.7 Å². The van der Waals surface area contributed by atoms with Crippen molar-refractivity contribution in [2.75, 3.05) is 24.6 Å². The zero-order valence-electron chi connectivity index (χ0n) is 10.3. The first kappa shape index (κ1) is 14.9. The average molecular weight is 363 g/mol. The molecule has 1 fully saturated rings. The Morgan fingerprint density at radius 2 is 1.90 bits per heavy atom. The monoisotopic (exact) mass is 362 g/mol. The number of halogens is 1. The summed E-state index contributed by atoms with van der Waals surface area (Å²) in [5.74, 6) is -0.537. The number of hydrogen-bond donors (Lipinski definition) is 0. The third kappa shape index (κ3) is 3.15. The lowest BCUT2D eigenvalue weighted by Gasteiger charge is -2.26. The van der Waals surface area contributed by atoms with Gasteiger partial charge >= 0.3 is 0 Å². The standard InChI is InChI=1S/C11H11BrN2O5S/c12-9-2-1-8(7-10(9)14(16)17)11(15)13-3-5-20(18,19)6-4-13/h1-2,7H,3-6H2. The van der Waals surface area contributed by atoms with Crippen molar-refractivity contribution in [2.24, 2.45) is 0 Å². The Morgan fingerprint density at radius 1 is 1.30 bits per heavy atom. The summed E-state index contributed by atoms with van der Waals surface area (Å²) < 4.78 is 22.9. The zero-order chi connectivity index (χ0) is 14.9. The van der Waals surface area contributed by atoms with Gasteiger partial charge < -0.3 is 4.90 Å². The molecule has 0 unspecified atom stereocenters. The van der Waals surface area contributed by atoms with Crippen molar-refractivity contribution in [1.29, 1.82) is 0 Å². The van der Waals surface area contributed by atoms with E-state index in [2.05, 4.69) is 15.9 Å². The molecular formula is C11H11BrN2O5S. The molecule has 0 N–H and O–H groups in total. The van der Waals surface area contributed by atoms with Crippen LogP contribution < -0.4 is 0 Å². The number of nitrogens with zero attached hydrogens (tertiary/aromatic N) is 2. The molecule has 1 aromatic carbocycles. The number of rotatable bonds is 2. The van der Waals surface area contributed by atoms with Gasteiger partial charge in [-0.2, -0.15) is 0 Å². The first-order valence-electron chi connectivity index (χ1n) is 5.74. The molecule has 0 aromatic heterocycles. The van der Waals surface area contributed by atoms with Crippen LogP contribution in [-0.4, -0.2) is 48.7 Å². The van der Waals surface area contributed by atoms with Gasteiger partial charge in [0, 0.05) is 24.7 Å². The topological polar surface area (TPSA) is 97.6 Å². The molecule has 20 heavy (non-hydrogen) atoms. The minimum Gasteiger partial charge on any atom is -0.337 e. The van der Waals surface area contributed by atoms with Crippen LogP contribution in [0.5, 0.6) is 0 Å². The van der Waals surface area contributed by atoms with Crippen molar-refractivity contribution in [3.05, 3.63) is 38.3 Å². The Bertz CT molecular complexity index is 659. The fourth-order valence-electron chi connectivity index (χ4n) is 1.88. The molecule has 7 nitrogen and oxygen atoms in total. The van der Waals surface area contributed by atoms with Gasteiger partial charge in [-0.1, -0.05) is 0 Å². The number of nitro groups is 1. The van der Waals surface area contributed by atoms with E-state index in [0.717, 1.165) is 0 Å². The number of nitro benzene ring substituents is 1. The van der Waals surface area contributed by atoms with E-state index in [1.807, 2.05) is 0 Å². The lowest BCUT2D eigenvalue weighted by Crippen LogP contribution is -2.43. The first-order valence-corrected chi connectivity index (χ1v) is 8.35. The second-order valence-electron chi connectivity index (χ2n) is 4.37. The van der Waals surface area contributed by atoms with E-state index in [0.29, 0.717) is 4.47 Å². The predicted octanol–water partition coefficient (Wildman–Crippen LogP) is 1.23. The maximum Gasteiger partial charge on any atom is 0.284 e. The fraction of sp³-hybridized carbons (Fsp3) is 0.364. The number of carbonyl (C=O) groups excluding carboxylic acids is 1. The molecule has 9 heteroatoms. The minimum absolute atomic E-state index is 0.0721. The largest absolute Gasteiger partial charge is 0.337 e. The summed E-state index contributed by atoms with van der Waals surface area (Å²) in [5.41, 5.74) is -0.0142. The van der Waals surface area contributed by atoms with E-state index in [-0.39, 0.29) is 35.8 Å². The van der Waals surface area contributed by atoms with Crippen LogP contribution >= 0.6 is 15.9 Å². The number of carbonyl (C=O) groups is 1. The Morgan fingerprint density at radius 3 is 2.45 bits per heavy atom. The summed E-state index contributed by atoms with van der Waals surface area (Å²) in [6, 6.07) is 4.10. The highest BCUT2D eigenvalue weighted by molar-refractivity contribution is 9.10. The van der Waals surface area contributed by atoms with Crippen molar-refractivity contribution in [3.63, 3.8) is 0 Å². The van der Waals surface area contributed by atoms with Crippen LogP contribution in [0.25, 0.3) is 0 Å². The molecule has 1 amide bonds. The number of hydrogen-bond acceptors (Lipinski definition) is 5. The molecule has 1 aromatic rings. The molecule has 1 heterocycles. The summed E-state index contributed by atoms with van der Waals surface area (Å²) in [4.78, 5) is 23.8. The van der Waals surface area contributed by atoms with Gasteiger partial charge in [0.2, 0.25) is 0 Å². The van der Waals surface area contributed by atoms with E-state index in [4.69, 9.17) is 0 Å². The number of sulfone groups is 1. The van der Waals surface area contributed by atoms with Gasteiger partial charge in [0.05, 0.1) is 20.9 Å². The van der Waals surface area contributed by atoms with Gasteiger partial charge in [-0.3, -0.25) is 14.9 Å². The molecule has 108 valence electrons. The summed E-state index contributed by atoms with van der Waals surface area (Å²) in [6.45, 7) is 0.232. The van der Waals surface area contributed by atoms with Crippen LogP contribution in [0.4, 0.5) is 5.69 Å². The number of amides is 1. The van der Waals surface area contributed by atoms with Crippen molar-refractivity contribution in [3.8, 4) is 0 Å². The zero-order valence-corrected chi connectivity index (χ0v) is 12.7. The Balaban J connectivity index is 2.22. The van der Waals surface area contributed by atoms with Crippen LogP contribution in [-0.2, 0) is 9.84 Å². The van der Waals surface area contributed by atoms with Crippen molar-refractivity contribution in [2.45, 2.75) is 0 Å². The summed E-state index contributed by atoms with van der Waals surface area (Å²) in [7, 11) is -3.07. The SMILES string of the molecule is O=C(c1ccc(Br)c([N+](=O)[O-])c1)N1CCS(=O)(=O)CC1. The average Bonchev–Trinajstić information content (AvgIpc) is 2.38. The Labute approximate surface area is 123 Å². The molecular weight excluding hydrogens is 352 g/mol. The molecule has 0 saturated carbocycles. The Hall–Kier alpha value is -1.48. The molecule has 0 radical (unpaired) electrons. The van der Waals surface area contributed by atoms with E-state index in [1.165, 1.54) is 23.1 Å². The van der Waals surface area contributed by atoms with E-state index >= 15 is 0 Å². The van der Waals surface area contributed by atoms with E-state index in [1.54, 1.807) is 0 Å². The van der Waals surface area contributed by atoms with Crippen molar-refractivity contribution >= 4 is 37.4 Å². The van der Waals surface area contributed by atoms with E-state index in [9.17, 15) is 23.3 Å². The highest BCUT2D eigenvalue weighted by Crippen LogP contribution is 2.26. The number of benzene rings is 1. The maximum atomic E-state index is 12.2. The maximum absolute atomic E-state index is 12.2.